The summed E-state index contributed by atoms with van der Waals surface area (Å²) in [4.78, 5) is 11.3. The van der Waals surface area contributed by atoms with Gasteiger partial charge in [0.15, 0.2) is 5.82 Å². The summed E-state index contributed by atoms with van der Waals surface area (Å²) < 4.78 is 16.2. The average molecular weight is 461 g/mol. The summed E-state index contributed by atoms with van der Waals surface area (Å²) in [5, 5.41) is 10.4. The molecule has 168 valence electrons. The van der Waals surface area contributed by atoms with Crippen molar-refractivity contribution in [2.45, 2.75) is 69.4 Å². The van der Waals surface area contributed by atoms with Gasteiger partial charge in [-0.2, -0.15) is 0 Å². The Kier molecular flexibility index (Phi) is 6.31. The van der Waals surface area contributed by atoms with Crippen LogP contribution in [0.1, 0.15) is 62.2 Å². The quantitative estimate of drug-likeness (QED) is 0.478. The zero-order valence-corrected chi connectivity index (χ0v) is 20.4. The highest BCUT2D eigenvalue weighted by atomic mass is 32.2. The predicted octanol–water partition coefficient (Wildman–Crippen LogP) is 3.50. The molecule has 2 N–H and O–H groups in total. The molecule has 2 heterocycles. The molecule has 4 rings (SSSR count). The van der Waals surface area contributed by atoms with Crippen LogP contribution in [0.5, 0.6) is 0 Å². The van der Waals surface area contributed by atoms with Crippen molar-refractivity contribution in [3.63, 3.8) is 0 Å². The molecule has 1 spiro atoms. The van der Waals surface area contributed by atoms with Gasteiger partial charge in [-0.05, 0) is 58.1 Å². The fraction of sp³-hybridized carbons (Fsp3) is 0.565. The molecule has 0 saturated carbocycles. The van der Waals surface area contributed by atoms with Crippen LogP contribution in [0.2, 0.25) is 0 Å². The highest BCUT2D eigenvalue weighted by Crippen LogP contribution is 2.53. The number of nitrogens with zero attached hydrogens (tertiary/aromatic N) is 3. The van der Waals surface area contributed by atoms with Crippen molar-refractivity contribution in [1.29, 1.82) is 0 Å². The zero-order valence-electron chi connectivity index (χ0n) is 18.7. The number of fused-ring (bicyclic) bond motifs is 1. The van der Waals surface area contributed by atoms with Crippen molar-refractivity contribution in [1.82, 2.24) is 14.7 Å². The maximum absolute atomic E-state index is 13.0. The van der Waals surface area contributed by atoms with Crippen molar-refractivity contribution < 1.29 is 9.66 Å². The van der Waals surface area contributed by atoms with Crippen LogP contribution in [0, 0.1) is 12.3 Å². The molecule has 2 aliphatic rings. The lowest BCUT2D eigenvalue weighted by molar-refractivity contribution is 0.175. The number of aromatic nitrogens is 2. The molecular formula is C23H32N4O2S2. The van der Waals surface area contributed by atoms with E-state index in [0.717, 1.165) is 43.9 Å². The summed E-state index contributed by atoms with van der Waals surface area (Å²) in [6.45, 7) is 9.40. The van der Waals surface area contributed by atoms with Crippen molar-refractivity contribution >= 4 is 29.8 Å². The lowest BCUT2D eigenvalue weighted by Crippen LogP contribution is -2.50. The second kappa shape index (κ2) is 8.56. The van der Waals surface area contributed by atoms with Crippen molar-refractivity contribution in [2.24, 2.45) is 5.41 Å². The van der Waals surface area contributed by atoms with Gasteiger partial charge >= 0.3 is 0 Å². The number of piperidine rings is 1. The lowest BCUT2D eigenvalue weighted by atomic mass is 9.73. The minimum Gasteiger partial charge on any atom is -0.598 e. The third kappa shape index (κ3) is 4.33. The Labute approximate surface area is 193 Å². The average Bonchev–Trinajstić information content (AvgIpc) is 3.02. The van der Waals surface area contributed by atoms with E-state index in [4.69, 9.17) is 0 Å². The Hall–Kier alpha value is -1.32. The molecule has 1 saturated heterocycles. The van der Waals surface area contributed by atoms with Gasteiger partial charge in [-0.1, -0.05) is 24.3 Å². The Morgan fingerprint density at radius 2 is 1.94 bits per heavy atom. The molecule has 2 aromatic rings. The number of rotatable bonds is 4. The summed E-state index contributed by atoms with van der Waals surface area (Å²) in [5.74, 6) is 0.755. The smallest absolute Gasteiger partial charge is 0.153 e. The molecule has 1 aromatic heterocycles. The zero-order chi connectivity index (χ0) is 22.4. The van der Waals surface area contributed by atoms with E-state index in [1.165, 1.54) is 11.1 Å². The predicted molar refractivity (Wildman–Crippen MR) is 128 cm³/mol. The number of thiol groups is 1. The third-order valence-corrected chi connectivity index (χ3v) is 8.59. The van der Waals surface area contributed by atoms with E-state index in [0.29, 0.717) is 10.7 Å². The monoisotopic (exact) mass is 460 g/mol. The van der Waals surface area contributed by atoms with Crippen LogP contribution in [0.15, 0.2) is 29.3 Å². The van der Waals surface area contributed by atoms with Crippen molar-refractivity contribution in [3.05, 3.63) is 46.8 Å². The number of hydrogen-bond donors (Lipinski definition) is 3. The van der Waals surface area contributed by atoms with Gasteiger partial charge < -0.3 is 14.6 Å². The molecule has 1 aromatic carbocycles. The molecule has 1 aliphatic carbocycles. The maximum Gasteiger partial charge on any atom is 0.153 e. The first-order chi connectivity index (χ1) is 14.6. The Morgan fingerprint density at radius 3 is 2.58 bits per heavy atom. The summed E-state index contributed by atoms with van der Waals surface area (Å²) >= 11 is 3.21. The van der Waals surface area contributed by atoms with Gasteiger partial charge in [-0.25, -0.2) is 9.97 Å². The fourth-order valence-electron chi connectivity index (χ4n) is 4.78. The van der Waals surface area contributed by atoms with Gasteiger partial charge in [-0.3, -0.25) is 0 Å². The molecule has 0 bridgehead atoms. The van der Waals surface area contributed by atoms with Crippen molar-refractivity contribution in [2.75, 3.05) is 18.0 Å². The van der Waals surface area contributed by atoms with Crippen LogP contribution in [-0.2, 0) is 24.4 Å². The standard InChI is InChI=1S/C23H32N4O2S2/c1-15-21(30)25-18(14-28)20(24-15)27-11-9-23(10-12-27)13-16-7-5-6-8-17(16)19(23)26-31(29)22(2,3)4/h5-8,19,26,28H,9-14H2,1-4H3,(H,25,30)/t19-,31?/m1/s1. The number of anilines is 1. The molecule has 31 heavy (non-hydrogen) atoms. The van der Waals surface area contributed by atoms with Crippen LogP contribution >= 0.6 is 12.6 Å². The van der Waals surface area contributed by atoms with Crippen LogP contribution in [0.25, 0.3) is 0 Å². The van der Waals surface area contributed by atoms with E-state index in [1.54, 1.807) is 0 Å². The minimum atomic E-state index is -1.15. The summed E-state index contributed by atoms with van der Waals surface area (Å²) in [7, 11) is 0. The Bertz CT molecular complexity index is 955. The molecule has 1 aliphatic heterocycles. The molecule has 1 unspecified atom stereocenters. The van der Waals surface area contributed by atoms with Gasteiger partial charge in [0.2, 0.25) is 0 Å². The number of benzene rings is 1. The van der Waals surface area contributed by atoms with Gasteiger partial charge in [0, 0.05) is 29.9 Å². The first kappa shape index (κ1) is 22.9. The highest BCUT2D eigenvalue weighted by Gasteiger charge is 2.50. The van der Waals surface area contributed by atoms with Crippen LogP contribution in [0.3, 0.4) is 0 Å². The largest absolute Gasteiger partial charge is 0.598 e. The number of aliphatic hydroxyl groups excluding tert-OH is 1. The van der Waals surface area contributed by atoms with E-state index < -0.39 is 11.4 Å². The SMILES string of the molecule is Cc1nc(N2CCC3(CC2)Cc2ccccc2[C@H]3N[S+]([O-])C(C)(C)C)c(CO)nc1S. The molecule has 0 amide bonds. The summed E-state index contributed by atoms with van der Waals surface area (Å²) in [6, 6.07) is 8.62. The number of hydrogen-bond acceptors (Lipinski definition) is 7. The van der Waals surface area contributed by atoms with Crippen LogP contribution < -0.4 is 9.62 Å². The molecule has 0 radical (unpaired) electrons. The van der Waals surface area contributed by atoms with Gasteiger partial charge in [0.1, 0.15) is 15.5 Å². The second-order valence-corrected chi connectivity index (χ2v) is 12.1. The summed E-state index contributed by atoms with van der Waals surface area (Å²) in [6.07, 6.45) is 2.90. The number of nitrogens with one attached hydrogen (secondary N) is 1. The van der Waals surface area contributed by atoms with E-state index >= 15 is 0 Å². The molecule has 6 nitrogen and oxygen atoms in total. The van der Waals surface area contributed by atoms with Gasteiger partial charge in [0.05, 0.1) is 18.3 Å². The maximum atomic E-state index is 13.0. The number of aliphatic hydroxyl groups is 1. The van der Waals surface area contributed by atoms with E-state index in [1.807, 2.05) is 27.7 Å². The highest BCUT2D eigenvalue weighted by molar-refractivity contribution is 7.90. The lowest BCUT2D eigenvalue weighted by Gasteiger charge is -2.44. The minimum absolute atomic E-state index is 0.0203. The third-order valence-electron chi connectivity index (χ3n) is 6.61. The second-order valence-electron chi connectivity index (χ2n) is 9.72. The molecular weight excluding hydrogens is 428 g/mol. The van der Waals surface area contributed by atoms with Crippen LogP contribution in [-0.4, -0.2) is 37.5 Å². The fourth-order valence-corrected chi connectivity index (χ4v) is 5.90. The van der Waals surface area contributed by atoms with Crippen molar-refractivity contribution in [3.8, 4) is 0 Å². The van der Waals surface area contributed by atoms with Gasteiger partial charge in [-0.15, -0.1) is 17.4 Å². The van der Waals surface area contributed by atoms with E-state index in [2.05, 4.69) is 56.5 Å². The summed E-state index contributed by atoms with van der Waals surface area (Å²) in [5.41, 5.74) is 3.99. The first-order valence-electron chi connectivity index (χ1n) is 10.8. The first-order valence-corrected chi connectivity index (χ1v) is 12.4. The van der Waals surface area contributed by atoms with Crippen LogP contribution in [0.4, 0.5) is 5.82 Å². The van der Waals surface area contributed by atoms with E-state index in [9.17, 15) is 9.66 Å². The molecule has 8 heteroatoms. The normalized spacial score (nSPS) is 21.4. The Balaban J connectivity index is 1.60. The Morgan fingerprint density at radius 1 is 1.26 bits per heavy atom. The van der Waals surface area contributed by atoms with E-state index in [-0.39, 0.29) is 22.8 Å². The van der Waals surface area contributed by atoms with Gasteiger partial charge in [0.25, 0.3) is 0 Å². The topological polar surface area (TPSA) is 84.3 Å². The number of aryl methyl sites for hydroxylation is 1. The molecule has 1 fully saturated rings. The molecule has 2 atom stereocenters.